The van der Waals surface area contributed by atoms with E-state index in [4.69, 9.17) is 16.3 Å². The van der Waals surface area contributed by atoms with E-state index in [2.05, 4.69) is 10.8 Å². The Balaban J connectivity index is 1.65. The van der Waals surface area contributed by atoms with E-state index in [1.54, 1.807) is 55.5 Å². The Hall–Kier alpha value is -2.85. The van der Waals surface area contributed by atoms with Crippen molar-refractivity contribution in [3.63, 3.8) is 0 Å². The van der Waals surface area contributed by atoms with Gasteiger partial charge in [-0.1, -0.05) is 54.1 Å². The van der Waals surface area contributed by atoms with Crippen LogP contribution in [0, 0.1) is 11.3 Å². The molecule has 0 heterocycles. The van der Waals surface area contributed by atoms with Crippen LogP contribution in [-0.4, -0.2) is 21.1 Å². The molecule has 0 radical (unpaired) electrons. The van der Waals surface area contributed by atoms with Gasteiger partial charge in [0, 0.05) is 16.6 Å². The molecule has 1 unspecified atom stereocenters. The summed E-state index contributed by atoms with van der Waals surface area (Å²) in [5, 5.41) is 10.3. The molecule has 0 fully saturated rings. The SMILES string of the molecule is CC(CCOc1cccc(-c2ccc(Cl)cc2)c1C#N)NS(=O)(=O)c1ccccc1. The van der Waals surface area contributed by atoms with E-state index < -0.39 is 10.0 Å². The molecule has 0 saturated heterocycles. The predicted octanol–water partition coefficient (Wildman–Crippen LogP) is 5.01. The lowest BCUT2D eigenvalue weighted by Crippen LogP contribution is -2.33. The highest BCUT2D eigenvalue weighted by atomic mass is 35.5. The lowest BCUT2D eigenvalue weighted by atomic mass is 10.00. The summed E-state index contributed by atoms with van der Waals surface area (Å²) in [5.41, 5.74) is 2.05. The van der Waals surface area contributed by atoms with Crippen LogP contribution >= 0.6 is 11.6 Å². The van der Waals surface area contributed by atoms with Crippen LogP contribution < -0.4 is 9.46 Å². The number of hydrogen-bond acceptors (Lipinski definition) is 4. The van der Waals surface area contributed by atoms with Crippen LogP contribution in [0.15, 0.2) is 77.7 Å². The normalized spacial score (nSPS) is 12.2. The summed E-state index contributed by atoms with van der Waals surface area (Å²) in [4.78, 5) is 0.222. The summed E-state index contributed by atoms with van der Waals surface area (Å²) in [7, 11) is -3.58. The average Bonchev–Trinajstić information content (AvgIpc) is 2.74. The van der Waals surface area contributed by atoms with Crippen molar-refractivity contribution in [1.82, 2.24) is 4.72 Å². The number of sulfonamides is 1. The maximum absolute atomic E-state index is 12.4. The van der Waals surface area contributed by atoms with Gasteiger partial charge in [0.15, 0.2) is 0 Å². The number of ether oxygens (including phenoxy) is 1. The number of rotatable bonds is 8. The number of hydrogen-bond donors (Lipinski definition) is 1. The Bertz CT molecular complexity index is 1140. The van der Waals surface area contributed by atoms with E-state index in [-0.39, 0.29) is 17.5 Å². The number of benzene rings is 3. The molecule has 5 nitrogen and oxygen atoms in total. The molecule has 3 rings (SSSR count). The van der Waals surface area contributed by atoms with E-state index in [1.807, 2.05) is 24.3 Å². The second kappa shape index (κ2) is 9.77. The molecule has 0 aliphatic rings. The Morgan fingerprint density at radius 3 is 2.40 bits per heavy atom. The minimum absolute atomic E-state index is 0.222. The number of nitrogens with one attached hydrogen (secondary N) is 1. The molecule has 0 aliphatic carbocycles. The fraction of sp³-hybridized carbons (Fsp3) is 0.174. The summed E-state index contributed by atoms with van der Waals surface area (Å²) < 4.78 is 33.3. The molecule has 0 saturated carbocycles. The largest absolute Gasteiger partial charge is 0.492 e. The minimum Gasteiger partial charge on any atom is -0.492 e. The first kappa shape index (κ1) is 21.8. The van der Waals surface area contributed by atoms with Crippen LogP contribution in [-0.2, 0) is 10.0 Å². The number of halogens is 1. The van der Waals surface area contributed by atoms with Crippen molar-refractivity contribution in [2.45, 2.75) is 24.3 Å². The van der Waals surface area contributed by atoms with Crippen LogP contribution in [0.5, 0.6) is 5.75 Å². The van der Waals surface area contributed by atoms with Crippen LogP contribution in [0.3, 0.4) is 0 Å². The van der Waals surface area contributed by atoms with Gasteiger partial charge < -0.3 is 4.74 Å². The molecule has 154 valence electrons. The third-order valence-corrected chi connectivity index (χ3v) is 6.37. The van der Waals surface area contributed by atoms with Gasteiger partial charge >= 0.3 is 0 Å². The van der Waals surface area contributed by atoms with Crippen molar-refractivity contribution in [3.8, 4) is 22.9 Å². The van der Waals surface area contributed by atoms with Gasteiger partial charge in [0.25, 0.3) is 0 Å². The van der Waals surface area contributed by atoms with Gasteiger partial charge in [0.05, 0.1) is 11.5 Å². The first-order chi connectivity index (χ1) is 14.4. The van der Waals surface area contributed by atoms with Crippen molar-refractivity contribution >= 4 is 21.6 Å². The lowest BCUT2D eigenvalue weighted by molar-refractivity contribution is 0.296. The Labute approximate surface area is 181 Å². The highest BCUT2D eigenvalue weighted by Gasteiger charge is 2.17. The third kappa shape index (κ3) is 5.39. The molecule has 30 heavy (non-hydrogen) atoms. The van der Waals surface area contributed by atoms with Gasteiger partial charge in [0.2, 0.25) is 10.0 Å². The van der Waals surface area contributed by atoms with Crippen molar-refractivity contribution in [2.24, 2.45) is 0 Å². The van der Waals surface area contributed by atoms with Gasteiger partial charge in [0.1, 0.15) is 17.4 Å². The maximum Gasteiger partial charge on any atom is 0.240 e. The Morgan fingerprint density at radius 2 is 1.73 bits per heavy atom. The highest BCUT2D eigenvalue weighted by Crippen LogP contribution is 2.31. The van der Waals surface area contributed by atoms with Crippen LogP contribution in [0.1, 0.15) is 18.9 Å². The summed E-state index contributed by atoms with van der Waals surface area (Å²) in [6.45, 7) is 2.04. The van der Waals surface area contributed by atoms with E-state index >= 15 is 0 Å². The fourth-order valence-corrected chi connectivity index (χ4v) is 4.40. The van der Waals surface area contributed by atoms with Crippen molar-refractivity contribution in [3.05, 3.63) is 83.4 Å². The standard InChI is InChI=1S/C23H21ClN2O3S/c1-17(26-30(27,28)20-6-3-2-4-7-20)14-15-29-23-9-5-8-21(22(23)16-25)18-10-12-19(24)13-11-18/h2-13,17,26H,14-15H2,1H3. The molecule has 0 spiro atoms. The fourth-order valence-electron chi connectivity index (χ4n) is 2.97. The maximum atomic E-state index is 12.4. The van der Waals surface area contributed by atoms with Crippen LogP contribution in [0.25, 0.3) is 11.1 Å². The summed E-state index contributed by atoms with van der Waals surface area (Å²) >= 11 is 5.95. The molecule has 1 N–H and O–H groups in total. The lowest BCUT2D eigenvalue weighted by Gasteiger charge is -2.16. The molecular formula is C23H21ClN2O3S. The van der Waals surface area contributed by atoms with Crippen molar-refractivity contribution in [2.75, 3.05) is 6.61 Å². The predicted molar refractivity (Wildman–Crippen MR) is 118 cm³/mol. The summed E-state index contributed by atoms with van der Waals surface area (Å²) in [6.07, 6.45) is 0.447. The zero-order valence-electron chi connectivity index (χ0n) is 16.4. The van der Waals surface area contributed by atoms with Crippen molar-refractivity contribution < 1.29 is 13.2 Å². The molecular weight excluding hydrogens is 420 g/mol. The highest BCUT2D eigenvalue weighted by molar-refractivity contribution is 7.89. The second-order valence-corrected chi connectivity index (χ2v) is 8.92. The van der Waals surface area contributed by atoms with Gasteiger partial charge in [-0.3, -0.25) is 0 Å². The molecule has 0 bridgehead atoms. The summed E-state index contributed by atoms with van der Waals surface area (Å²) in [5.74, 6) is 0.461. The van der Waals surface area contributed by atoms with Crippen LogP contribution in [0.4, 0.5) is 0 Å². The van der Waals surface area contributed by atoms with Gasteiger partial charge in [-0.25, -0.2) is 13.1 Å². The van der Waals surface area contributed by atoms with Gasteiger partial charge in [-0.15, -0.1) is 0 Å². The summed E-state index contributed by atoms with van der Waals surface area (Å²) in [6, 6.07) is 22.7. The molecule has 1 atom stereocenters. The topological polar surface area (TPSA) is 79.2 Å². The minimum atomic E-state index is -3.58. The van der Waals surface area contributed by atoms with Crippen molar-refractivity contribution in [1.29, 1.82) is 5.26 Å². The average molecular weight is 441 g/mol. The molecule has 7 heteroatoms. The molecule has 0 aliphatic heterocycles. The monoisotopic (exact) mass is 440 g/mol. The van der Waals surface area contributed by atoms with E-state index in [9.17, 15) is 13.7 Å². The Morgan fingerprint density at radius 1 is 1.03 bits per heavy atom. The zero-order chi connectivity index (χ0) is 21.6. The number of nitrogens with zero attached hydrogens (tertiary/aromatic N) is 1. The van der Waals surface area contributed by atoms with Crippen LogP contribution in [0.2, 0.25) is 5.02 Å². The molecule has 0 amide bonds. The molecule has 3 aromatic carbocycles. The van der Waals surface area contributed by atoms with Gasteiger partial charge in [-0.2, -0.15) is 5.26 Å². The van der Waals surface area contributed by atoms with E-state index in [1.165, 1.54) is 0 Å². The quantitative estimate of drug-likeness (QED) is 0.533. The zero-order valence-corrected chi connectivity index (χ0v) is 18.0. The number of nitriles is 1. The first-order valence-corrected chi connectivity index (χ1v) is 11.3. The Kier molecular flexibility index (Phi) is 7.11. The first-order valence-electron chi connectivity index (χ1n) is 9.40. The van der Waals surface area contributed by atoms with E-state index in [0.717, 1.165) is 11.1 Å². The molecule has 0 aromatic heterocycles. The van der Waals surface area contributed by atoms with E-state index in [0.29, 0.717) is 22.8 Å². The molecule has 3 aromatic rings. The van der Waals surface area contributed by atoms with Gasteiger partial charge in [-0.05, 0) is 49.2 Å². The smallest absolute Gasteiger partial charge is 0.240 e. The third-order valence-electron chi connectivity index (χ3n) is 4.51. The second-order valence-electron chi connectivity index (χ2n) is 6.77.